The lowest BCUT2D eigenvalue weighted by Crippen LogP contribution is -2.38. The van der Waals surface area contributed by atoms with E-state index in [0.717, 1.165) is 36.0 Å². The fourth-order valence-corrected chi connectivity index (χ4v) is 5.90. The number of carbonyl (C=O) groups is 3. The minimum atomic E-state index is -0.0349. The Kier molecular flexibility index (Phi) is 7.47. The van der Waals surface area contributed by atoms with Crippen LogP contribution in [-0.4, -0.2) is 70.8 Å². The van der Waals surface area contributed by atoms with Crippen LogP contribution in [0.15, 0.2) is 29.6 Å². The molecule has 0 N–H and O–H groups in total. The zero-order valence-electron chi connectivity index (χ0n) is 18.1. The zero-order valence-corrected chi connectivity index (χ0v) is 19.8. The Labute approximate surface area is 196 Å². The maximum absolute atomic E-state index is 12.6. The summed E-state index contributed by atoms with van der Waals surface area (Å²) in [5.41, 5.74) is 1.14. The third-order valence-corrected chi connectivity index (χ3v) is 7.93. The molecule has 1 aromatic carbocycles. The molecule has 0 bridgehead atoms. The molecule has 0 atom stereocenters. The van der Waals surface area contributed by atoms with Crippen LogP contribution in [0.1, 0.15) is 57.5 Å². The number of ketones is 1. The van der Waals surface area contributed by atoms with Crippen molar-refractivity contribution in [2.24, 2.45) is 0 Å². The van der Waals surface area contributed by atoms with Crippen molar-refractivity contribution >= 4 is 40.7 Å². The fraction of sp³-hybridized carbons (Fsp3) is 0.478. The van der Waals surface area contributed by atoms with E-state index >= 15 is 0 Å². The van der Waals surface area contributed by atoms with E-state index in [2.05, 4.69) is 4.98 Å². The fourth-order valence-electron chi connectivity index (χ4n) is 3.99. The van der Waals surface area contributed by atoms with E-state index in [-0.39, 0.29) is 36.4 Å². The van der Waals surface area contributed by atoms with Crippen molar-refractivity contribution in [3.05, 3.63) is 45.9 Å². The molecular formula is C23H27N3O4S2. The smallest absolute Gasteiger partial charge is 0.274 e. The molecule has 0 unspecified atom stereocenters. The Morgan fingerprint density at radius 3 is 2.47 bits per heavy atom. The minimum absolute atomic E-state index is 0.0200. The average Bonchev–Trinajstić information content (AvgIpc) is 3.55. The van der Waals surface area contributed by atoms with Crippen LogP contribution in [-0.2, 0) is 4.79 Å². The molecule has 4 rings (SSSR count). The molecule has 0 saturated carbocycles. The number of likely N-dealkylation sites (tertiary alicyclic amines) is 1. The van der Waals surface area contributed by atoms with Gasteiger partial charge in [-0.05, 0) is 37.1 Å². The summed E-state index contributed by atoms with van der Waals surface area (Å²) in [4.78, 5) is 45.8. The molecular weight excluding hydrogens is 446 g/mol. The number of hydrogen-bond acceptors (Lipinski definition) is 7. The van der Waals surface area contributed by atoms with Crippen LogP contribution in [0.2, 0.25) is 0 Å². The summed E-state index contributed by atoms with van der Waals surface area (Å²) in [6.07, 6.45) is 2.09. The molecule has 1 aromatic heterocycles. The van der Waals surface area contributed by atoms with E-state index in [1.807, 2.05) is 15.2 Å². The van der Waals surface area contributed by atoms with Crippen molar-refractivity contribution in [1.29, 1.82) is 0 Å². The summed E-state index contributed by atoms with van der Waals surface area (Å²) >= 11 is 3.31. The van der Waals surface area contributed by atoms with Crippen molar-refractivity contribution < 1.29 is 19.1 Å². The monoisotopic (exact) mass is 473 g/mol. The van der Waals surface area contributed by atoms with Crippen molar-refractivity contribution in [2.45, 2.75) is 31.6 Å². The SMILES string of the molecule is COc1ccc(C(=O)CCC(=O)N2CCC(c3nc(C(=O)N4CCSC4)cs3)CC2)cc1. The second-order valence-corrected chi connectivity index (χ2v) is 9.95. The number of methoxy groups -OCH3 is 1. The van der Waals surface area contributed by atoms with Gasteiger partial charge in [0, 0.05) is 55.1 Å². The highest BCUT2D eigenvalue weighted by atomic mass is 32.2. The third-order valence-electron chi connectivity index (χ3n) is 5.96. The molecule has 2 fully saturated rings. The van der Waals surface area contributed by atoms with Crippen LogP contribution in [0.5, 0.6) is 5.75 Å². The number of hydrogen-bond donors (Lipinski definition) is 0. The molecule has 2 aliphatic rings. The summed E-state index contributed by atoms with van der Waals surface area (Å²) in [6.45, 7) is 2.11. The van der Waals surface area contributed by atoms with E-state index in [9.17, 15) is 14.4 Å². The molecule has 2 amide bonds. The largest absolute Gasteiger partial charge is 0.497 e. The third kappa shape index (κ3) is 5.32. The summed E-state index contributed by atoms with van der Waals surface area (Å²) in [5.74, 6) is 2.71. The molecule has 32 heavy (non-hydrogen) atoms. The topological polar surface area (TPSA) is 79.8 Å². The summed E-state index contributed by atoms with van der Waals surface area (Å²) in [6, 6.07) is 6.96. The van der Waals surface area contributed by atoms with Gasteiger partial charge in [0.25, 0.3) is 5.91 Å². The number of rotatable bonds is 7. The Hall–Kier alpha value is -2.39. The van der Waals surface area contributed by atoms with Gasteiger partial charge in [-0.2, -0.15) is 0 Å². The first-order chi connectivity index (χ1) is 15.5. The second kappa shape index (κ2) is 10.5. The Morgan fingerprint density at radius 1 is 1.06 bits per heavy atom. The van der Waals surface area contributed by atoms with Gasteiger partial charge in [0.05, 0.1) is 18.0 Å². The number of aromatic nitrogens is 1. The molecule has 0 radical (unpaired) electrons. The summed E-state index contributed by atoms with van der Waals surface area (Å²) in [7, 11) is 1.58. The van der Waals surface area contributed by atoms with Gasteiger partial charge in [0.1, 0.15) is 11.4 Å². The number of thiazole rings is 1. The van der Waals surface area contributed by atoms with E-state index in [1.165, 1.54) is 0 Å². The number of nitrogens with zero attached hydrogens (tertiary/aromatic N) is 3. The van der Waals surface area contributed by atoms with Gasteiger partial charge >= 0.3 is 0 Å². The van der Waals surface area contributed by atoms with Crippen molar-refractivity contribution in [3.8, 4) is 5.75 Å². The predicted molar refractivity (Wildman–Crippen MR) is 126 cm³/mol. The standard InChI is InChI=1S/C23H27N3O4S2/c1-30-18-4-2-16(3-5-18)20(27)6-7-21(28)25-10-8-17(9-11-25)22-24-19(14-32-22)23(29)26-12-13-31-15-26/h2-5,14,17H,6-13,15H2,1H3. The minimum Gasteiger partial charge on any atom is -0.497 e. The van der Waals surface area contributed by atoms with Crippen molar-refractivity contribution in [3.63, 3.8) is 0 Å². The molecule has 2 aliphatic heterocycles. The number of benzene rings is 1. The molecule has 7 nitrogen and oxygen atoms in total. The van der Waals surface area contributed by atoms with Gasteiger partial charge in [-0.15, -0.1) is 23.1 Å². The van der Waals surface area contributed by atoms with Crippen LogP contribution in [0.4, 0.5) is 0 Å². The van der Waals surface area contributed by atoms with E-state index in [4.69, 9.17) is 4.74 Å². The summed E-state index contributed by atoms with van der Waals surface area (Å²) < 4.78 is 5.11. The number of ether oxygens (including phenoxy) is 1. The highest BCUT2D eigenvalue weighted by molar-refractivity contribution is 7.99. The Bertz CT molecular complexity index is 962. The Morgan fingerprint density at radius 2 is 1.81 bits per heavy atom. The lowest BCUT2D eigenvalue weighted by atomic mass is 9.97. The maximum Gasteiger partial charge on any atom is 0.274 e. The first-order valence-electron chi connectivity index (χ1n) is 10.8. The molecule has 2 saturated heterocycles. The van der Waals surface area contributed by atoms with Gasteiger partial charge in [-0.25, -0.2) is 4.98 Å². The maximum atomic E-state index is 12.6. The normalized spacial score (nSPS) is 16.9. The van der Waals surface area contributed by atoms with Crippen LogP contribution in [0, 0.1) is 0 Å². The quantitative estimate of drug-likeness (QED) is 0.571. The summed E-state index contributed by atoms with van der Waals surface area (Å²) in [5, 5.41) is 2.85. The molecule has 9 heteroatoms. The zero-order chi connectivity index (χ0) is 22.5. The van der Waals surface area contributed by atoms with Gasteiger partial charge in [-0.1, -0.05) is 0 Å². The number of Topliss-reactive ketones (excluding diaryl/α,β-unsaturated/α-hetero) is 1. The molecule has 0 spiro atoms. The van der Waals surface area contributed by atoms with Crippen molar-refractivity contribution in [1.82, 2.24) is 14.8 Å². The van der Waals surface area contributed by atoms with Crippen LogP contribution in [0.3, 0.4) is 0 Å². The van der Waals surface area contributed by atoms with Gasteiger partial charge in [0.15, 0.2) is 5.78 Å². The molecule has 3 heterocycles. The molecule has 170 valence electrons. The van der Waals surface area contributed by atoms with Crippen molar-refractivity contribution in [2.75, 3.05) is 38.4 Å². The Balaban J connectivity index is 1.24. The lowest BCUT2D eigenvalue weighted by molar-refractivity contribution is -0.132. The van der Waals surface area contributed by atoms with Crippen LogP contribution >= 0.6 is 23.1 Å². The first-order valence-corrected chi connectivity index (χ1v) is 12.9. The van der Waals surface area contributed by atoms with Crippen LogP contribution < -0.4 is 4.74 Å². The van der Waals surface area contributed by atoms with E-state index in [0.29, 0.717) is 30.1 Å². The van der Waals surface area contributed by atoms with E-state index < -0.39 is 0 Å². The lowest BCUT2D eigenvalue weighted by Gasteiger charge is -2.31. The highest BCUT2D eigenvalue weighted by Crippen LogP contribution is 2.31. The average molecular weight is 474 g/mol. The predicted octanol–water partition coefficient (Wildman–Crippen LogP) is 3.67. The van der Waals surface area contributed by atoms with Gasteiger partial charge < -0.3 is 14.5 Å². The second-order valence-electron chi connectivity index (χ2n) is 7.98. The number of piperidine rings is 1. The molecule has 0 aliphatic carbocycles. The van der Waals surface area contributed by atoms with Crippen LogP contribution in [0.25, 0.3) is 0 Å². The highest BCUT2D eigenvalue weighted by Gasteiger charge is 2.28. The number of amides is 2. The number of thioether (sulfide) groups is 1. The van der Waals surface area contributed by atoms with E-state index in [1.54, 1.807) is 54.5 Å². The molecule has 2 aromatic rings. The van der Waals surface area contributed by atoms with Gasteiger partial charge in [-0.3, -0.25) is 14.4 Å². The van der Waals surface area contributed by atoms with Gasteiger partial charge in [0.2, 0.25) is 5.91 Å². The number of carbonyl (C=O) groups excluding carboxylic acids is 3. The first kappa shape index (κ1) is 22.8.